The van der Waals surface area contributed by atoms with E-state index >= 15 is 0 Å². The Kier molecular flexibility index (Phi) is 14.9. The van der Waals surface area contributed by atoms with Crippen LogP contribution in [0.1, 0.15) is 115 Å². The number of nitrogens with zero attached hydrogens (tertiary/aromatic N) is 6. The Balaban J connectivity index is 1.01. The summed E-state index contributed by atoms with van der Waals surface area (Å²) in [5.41, 5.74) is 5.67. The van der Waals surface area contributed by atoms with Crippen LogP contribution in [0.15, 0.2) is 97.1 Å². The molecule has 0 bridgehead atoms. The van der Waals surface area contributed by atoms with Gasteiger partial charge < -0.3 is 31.5 Å². The van der Waals surface area contributed by atoms with Gasteiger partial charge in [0.25, 0.3) is 0 Å². The summed E-state index contributed by atoms with van der Waals surface area (Å²) in [4.78, 5) is 55.6. The van der Waals surface area contributed by atoms with Crippen LogP contribution in [0, 0.1) is 0 Å². The van der Waals surface area contributed by atoms with E-state index in [4.69, 9.17) is 0 Å². The van der Waals surface area contributed by atoms with Gasteiger partial charge in [-0.2, -0.15) is 0 Å². The first-order valence-corrected chi connectivity index (χ1v) is 23.2. The van der Waals surface area contributed by atoms with Crippen LogP contribution in [-0.4, -0.2) is 63.8 Å². The fourth-order valence-electron chi connectivity index (χ4n) is 8.13. The van der Waals surface area contributed by atoms with Crippen LogP contribution in [0.5, 0.6) is 11.5 Å². The maximum Gasteiger partial charge on any atom is 0.313 e. The lowest BCUT2D eigenvalue weighted by Crippen LogP contribution is -2.35. The van der Waals surface area contributed by atoms with E-state index in [1.165, 1.54) is 27.8 Å². The summed E-state index contributed by atoms with van der Waals surface area (Å²) in [5, 5.41) is 51.7. The predicted molar refractivity (Wildman–Crippen MR) is 263 cm³/mol. The van der Waals surface area contributed by atoms with Gasteiger partial charge in [-0.15, -0.1) is 30.0 Å². The topological polar surface area (TPSA) is 218 Å². The maximum absolute atomic E-state index is 13.2. The van der Waals surface area contributed by atoms with E-state index in [1.807, 2.05) is 72.8 Å². The summed E-state index contributed by atoms with van der Waals surface area (Å²) in [6.07, 6.45) is 8.10. The van der Waals surface area contributed by atoms with Crippen molar-refractivity contribution in [1.82, 2.24) is 40.6 Å². The molecule has 2 aromatic heterocycles. The van der Waals surface area contributed by atoms with E-state index in [-0.39, 0.29) is 46.8 Å². The minimum atomic E-state index is -0.990. The molecule has 7 rings (SSSR count). The molecule has 0 radical (unpaired) electrons. The average Bonchev–Trinajstić information content (AvgIpc) is 3.96. The number of phenols is 2. The van der Waals surface area contributed by atoms with Crippen LogP contribution < -0.4 is 21.3 Å². The van der Waals surface area contributed by atoms with Gasteiger partial charge in [-0.1, -0.05) is 110 Å². The molecule has 68 heavy (non-hydrogen) atoms. The number of carbonyl (C=O) groups is 4. The minimum Gasteiger partial charge on any atom is -0.505 e. The Bertz CT molecular complexity index is 2710. The molecule has 16 heteroatoms. The van der Waals surface area contributed by atoms with E-state index in [9.17, 15) is 29.4 Å². The molecular weight excluding hydrogens is 861 g/mol. The van der Waals surface area contributed by atoms with Gasteiger partial charge in [-0.25, -0.2) is 0 Å². The van der Waals surface area contributed by atoms with Gasteiger partial charge in [-0.05, 0) is 102 Å². The van der Waals surface area contributed by atoms with E-state index < -0.39 is 23.6 Å². The Hall–Kier alpha value is -7.62. The molecule has 16 nitrogen and oxygen atoms in total. The van der Waals surface area contributed by atoms with Crippen molar-refractivity contribution in [3.05, 3.63) is 119 Å². The molecule has 0 unspecified atom stereocenters. The molecule has 4 amide bonds. The highest BCUT2D eigenvalue weighted by atomic mass is 16.3. The number of aromatic nitrogens is 6. The minimum absolute atomic E-state index is 0.135. The smallest absolute Gasteiger partial charge is 0.313 e. The molecule has 0 aliphatic heterocycles. The Morgan fingerprint density at radius 3 is 1.22 bits per heavy atom. The van der Waals surface area contributed by atoms with Gasteiger partial charge in [0.15, 0.2) is 0 Å². The van der Waals surface area contributed by atoms with Crippen LogP contribution >= 0.6 is 0 Å². The Labute approximate surface area is 395 Å². The van der Waals surface area contributed by atoms with Crippen LogP contribution in [0.4, 0.5) is 11.4 Å². The van der Waals surface area contributed by atoms with E-state index in [0.29, 0.717) is 44.6 Å². The highest BCUT2D eigenvalue weighted by Crippen LogP contribution is 2.38. The average molecular weight is 921 g/mol. The predicted octanol–water partition coefficient (Wildman–Crippen LogP) is 8.79. The first-order chi connectivity index (χ1) is 32.6. The van der Waals surface area contributed by atoms with Crippen LogP contribution in [-0.2, 0) is 43.1 Å². The summed E-state index contributed by atoms with van der Waals surface area (Å²) in [5.74, 6) is -4.18. The molecule has 0 saturated carbocycles. The third kappa shape index (κ3) is 11.3. The van der Waals surface area contributed by atoms with Gasteiger partial charge in [0, 0.05) is 35.6 Å². The highest BCUT2D eigenvalue weighted by Gasteiger charge is 2.27. The van der Waals surface area contributed by atoms with Crippen LogP contribution in [0.3, 0.4) is 0 Å². The quantitative estimate of drug-likeness (QED) is 0.0355. The lowest BCUT2D eigenvalue weighted by atomic mass is 9.79. The zero-order valence-electron chi connectivity index (χ0n) is 39.5. The van der Waals surface area contributed by atoms with Crippen molar-refractivity contribution >= 4 is 57.1 Å². The molecular formula is C52H60N10O6. The SMILES string of the molecule is CCCCCC(C)(C)c1cc(CNC(=O)C(=O)Nc2cccc(NC(=O)C(=O)NCc3cc(C(C)(C)CCCCC)cc(-n4nc5ccccc5n4)c3O)c2)c(O)c(-n2nc3ccccc3n2)c1. The lowest BCUT2D eigenvalue weighted by Gasteiger charge is -2.27. The van der Waals surface area contributed by atoms with Crippen molar-refractivity contribution in [2.24, 2.45) is 0 Å². The molecule has 6 N–H and O–H groups in total. The number of phenolic OH excluding ortho intramolecular Hbond substituents is 2. The van der Waals surface area contributed by atoms with E-state index in [1.54, 1.807) is 6.07 Å². The summed E-state index contributed by atoms with van der Waals surface area (Å²) >= 11 is 0. The first-order valence-electron chi connectivity index (χ1n) is 23.2. The van der Waals surface area contributed by atoms with Gasteiger partial charge in [-0.3, -0.25) is 19.2 Å². The third-order valence-corrected chi connectivity index (χ3v) is 12.4. The Morgan fingerprint density at radius 1 is 0.500 bits per heavy atom. The van der Waals surface area contributed by atoms with Crippen molar-refractivity contribution in [3.63, 3.8) is 0 Å². The third-order valence-electron chi connectivity index (χ3n) is 12.4. The van der Waals surface area contributed by atoms with Gasteiger partial charge >= 0.3 is 23.6 Å². The van der Waals surface area contributed by atoms with Crippen molar-refractivity contribution in [1.29, 1.82) is 0 Å². The Morgan fingerprint density at radius 2 is 0.868 bits per heavy atom. The zero-order valence-corrected chi connectivity index (χ0v) is 39.5. The number of fused-ring (bicyclic) bond motifs is 2. The van der Waals surface area contributed by atoms with Gasteiger partial charge in [0.2, 0.25) is 0 Å². The molecule has 5 aromatic carbocycles. The number of hydrogen-bond acceptors (Lipinski definition) is 10. The number of unbranched alkanes of at least 4 members (excludes halogenated alkanes) is 4. The molecule has 0 aliphatic carbocycles. The molecule has 354 valence electrons. The number of benzene rings is 5. The number of anilines is 2. The fourth-order valence-corrected chi connectivity index (χ4v) is 8.13. The second-order valence-electron chi connectivity index (χ2n) is 18.5. The van der Waals surface area contributed by atoms with E-state index in [2.05, 4.69) is 83.2 Å². The highest BCUT2D eigenvalue weighted by molar-refractivity contribution is 6.40. The van der Waals surface area contributed by atoms with Crippen LogP contribution in [0.25, 0.3) is 33.4 Å². The number of hydrogen-bond donors (Lipinski definition) is 6. The molecule has 0 atom stereocenters. The van der Waals surface area contributed by atoms with Crippen LogP contribution in [0.2, 0.25) is 0 Å². The van der Waals surface area contributed by atoms with Crippen molar-refractivity contribution in [2.75, 3.05) is 10.6 Å². The second kappa shape index (κ2) is 20.9. The molecule has 7 aromatic rings. The molecule has 0 saturated heterocycles. The molecule has 0 aliphatic rings. The summed E-state index contributed by atoms with van der Waals surface area (Å²) in [7, 11) is 0. The van der Waals surface area contributed by atoms with Crippen molar-refractivity contribution in [2.45, 2.75) is 117 Å². The fraction of sp³-hybridized carbons (Fsp3) is 0.346. The molecule has 0 fully saturated rings. The second-order valence-corrected chi connectivity index (χ2v) is 18.5. The van der Waals surface area contributed by atoms with Gasteiger partial charge in [0.1, 0.15) is 44.9 Å². The standard InChI is InChI=1S/C52H60N10O6/c1-7-9-15-24-51(3,4)35-26-33(45(63)43(28-35)61-57-39-20-11-12-21-40(39)58-61)31-53-47(65)49(67)55-37-18-17-19-38(30-37)56-50(68)48(66)54-32-34-27-36(52(5,6)25-16-10-8-2)29-44(46(34)64)62-59-41-22-13-14-23-42(41)60-62/h11-14,17-23,26-30,63-64H,7-10,15-16,24-25,31-32H2,1-6H3,(H,53,65)(H,54,66)(H,55,67)(H,56,68). The van der Waals surface area contributed by atoms with Gasteiger partial charge in [0.05, 0.1) is 0 Å². The number of carbonyl (C=O) groups excluding carboxylic acids is 4. The first kappa shape index (κ1) is 48.3. The summed E-state index contributed by atoms with van der Waals surface area (Å²) in [6, 6.07) is 28.2. The number of amides is 4. The number of rotatable bonds is 18. The van der Waals surface area contributed by atoms with Crippen molar-refractivity contribution in [3.8, 4) is 22.9 Å². The number of nitrogens with one attached hydrogen (secondary N) is 4. The zero-order chi connectivity index (χ0) is 48.6. The van der Waals surface area contributed by atoms with E-state index in [0.717, 1.165) is 62.5 Å². The normalized spacial score (nSPS) is 11.7. The summed E-state index contributed by atoms with van der Waals surface area (Å²) in [6.45, 7) is 12.5. The number of aromatic hydroxyl groups is 2. The largest absolute Gasteiger partial charge is 0.505 e. The maximum atomic E-state index is 13.2. The molecule has 0 spiro atoms. The lowest BCUT2D eigenvalue weighted by molar-refractivity contribution is -0.136. The van der Waals surface area contributed by atoms with Crippen molar-refractivity contribution < 1.29 is 29.4 Å². The monoisotopic (exact) mass is 920 g/mol. The molecule has 2 heterocycles. The summed E-state index contributed by atoms with van der Waals surface area (Å²) < 4.78 is 0.